The minimum Gasteiger partial charge on any atom is -0.466 e. The van der Waals surface area contributed by atoms with E-state index in [2.05, 4.69) is 5.32 Å². The van der Waals surface area contributed by atoms with Crippen LogP contribution in [0.2, 0.25) is 0 Å². The van der Waals surface area contributed by atoms with Crippen LogP contribution in [0.15, 0.2) is 71.2 Å². The Morgan fingerprint density at radius 1 is 1.00 bits per heavy atom. The monoisotopic (exact) mass is 504 g/mol. The van der Waals surface area contributed by atoms with Gasteiger partial charge in [-0.25, -0.2) is 9.78 Å². The number of rotatable bonds is 7. The molecular weight excluding hydrogens is 472 g/mol. The molecule has 0 fully saturated rings. The summed E-state index contributed by atoms with van der Waals surface area (Å²) in [4.78, 5) is 31.9. The van der Waals surface area contributed by atoms with Gasteiger partial charge in [0, 0.05) is 16.6 Å². The summed E-state index contributed by atoms with van der Waals surface area (Å²) in [7, 11) is 0. The van der Waals surface area contributed by atoms with Crippen molar-refractivity contribution in [3.8, 4) is 11.3 Å². The predicted molar refractivity (Wildman–Crippen MR) is 141 cm³/mol. The molecule has 0 bridgehead atoms. The van der Waals surface area contributed by atoms with Gasteiger partial charge >= 0.3 is 11.9 Å². The standard InChI is InChI=1S/C29H32N2O4S/c1-6-34-27(32)23-19(4)31-29(5,21-11-9-8-10-12-21)25(28(33)35-7-2)24(23)26-30-22(17-36-26)20-15-13-18(3)14-16-20/h8-17,24-25,31H,6-7H2,1-5H3. The second-order valence-corrected chi connectivity index (χ2v) is 9.99. The zero-order chi connectivity index (χ0) is 25.9. The fourth-order valence-corrected chi connectivity index (χ4v) is 5.92. The molecule has 2 heterocycles. The van der Waals surface area contributed by atoms with Crippen molar-refractivity contribution in [1.29, 1.82) is 0 Å². The zero-order valence-corrected chi connectivity index (χ0v) is 22.1. The first-order valence-corrected chi connectivity index (χ1v) is 13.1. The van der Waals surface area contributed by atoms with Gasteiger partial charge in [-0.2, -0.15) is 0 Å². The number of benzene rings is 2. The van der Waals surface area contributed by atoms with E-state index in [0.29, 0.717) is 16.3 Å². The third-order valence-electron chi connectivity index (χ3n) is 6.66. The molecule has 188 valence electrons. The first kappa shape index (κ1) is 25.6. The molecule has 0 spiro atoms. The summed E-state index contributed by atoms with van der Waals surface area (Å²) < 4.78 is 11.1. The highest BCUT2D eigenvalue weighted by molar-refractivity contribution is 7.10. The summed E-state index contributed by atoms with van der Waals surface area (Å²) in [5.41, 5.74) is 4.11. The molecular formula is C29H32N2O4S. The topological polar surface area (TPSA) is 77.5 Å². The molecule has 36 heavy (non-hydrogen) atoms. The minimum atomic E-state index is -0.839. The highest BCUT2D eigenvalue weighted by atomic mass is 32.1. The fraction of sp³-hybridized carbons (Fsp3) is 0.345. The molecule has 4 rings (SSSR count). The number of carbonyl (C=O) groups is 2. The molecule has 0 aliphatic carbocycles. The predicted octanol–water partition coefficient (Wildman–Crippen LogP) is 5.74. The number of aromatic nitrogens is 1. The molecule has 3 atom stereocenters. The van der Waals surface area contributed by atoms with Crippen molar-refractivity contribution < 1.29 is 19.1 Å². The van der Waals surface area contributed by atoms with Gasteiger partial charge in [0.15, 0.2) is 0 Å². The molecule has 0 amide bonds. The van der Waals surface area contributed by atoms with Crippen LogP contribution in [0, 0.1) is 12.8 Å². The lowest BCUT2D eigenvalue weighted by Gasteiger charge is -2.46. The summed E-state index contributed by atoms with van der Waals surface area (Å²) in [6.45, 7) is 9.90. The molecule has 7 heteroatoms. The number of hydrogen-bond acceptors (Lipinski definition) is 7. The van der Waals surface area contributed by atoms with E-state index in [1.165, 1.54) is 11.3 Å². The number of hydrogen-bond donors (Lipinski definition) is 1. The SMILES string of the molecule is CCOC(=O)C1=C(C)NC(C)(c2ccccc2)C(C(=O)OCC)C1c1nc(-c2ccc(C)cc2)cs1. The van der Waals surface area contributed by atoms with Crippen LogP contribution >= 0.6 is 11.3 Å². The van der Waals surface area contributed by atoms with Gasteiger partial charge in [-0.15, -0.1) is 11.3 Å². The van der Waals surface area contributed by atoms with Crippen molar-refractivity contribution in [3.63, 3.8) is 0 Å². The minimum absolute atomic E-state index is 0.231. The molecule has 0 saturated carbocycles. The Morgan fingerprint density at radius 3 is 2.31 bits per heavy atom. The van der Waals surface area contributed by atoms with E-state index < -0.39 is 23.3 Å². The highest BCUT2D eigenvalue weighted by Gasteiger charge is 2.54. The average Bonchev–Trinajstić information content (AvgIpc) is 3.35. The van der Waals surface area contributed by atoms with Gasteiger partial charge in [0.1, 0.15) is 5.01 Å². The van der Waals surface area contributed by atoms with Crippen molar-refractivity contribution in [1.82, 2.24) is 10.3 Å². The Labute approximate surface area is 216 Å². The Kier molecular flexibility index (Phi) is 7.59. The van der Waals surface area contributed by atoms with Crippen molar-refractivity contribution in [2.24, 2.45) is 5.92 Å². The first-order chi connectivity index (χ1) is 17.3. The second-order valence-electron chi connectivity index (χ2n) is 9.10. The van der Waals surface area contributed by atoms with Gasteiger partial charge in [0.05, 0.1) is 41.9 Å². The number of allylic oxidation sites excluding steroid dienone is 1. The zero-order valence-electron chi connectivity index (χ0n) is 21.3. The number of carbonyl (C=O) groups excluding carboxylic acids is 2. The van der Waals surface area contributed by atoms with Crippen LogP contribution in [0.1, 0.15) is 49.7 Å². The molecule has 3 unspecified atom stereocenters. The van der Waals surface area contributed by atoms with E-state index in [-0.39, 0.29) is 19.2 Å². The molecule has 1 aliphatic rings. The smallest absolute Gasteiger partial charge is 0.336 e. The van der Waals surface area contributed by atoms with Crippen LogP contribution in [-0.2, 0) is 24.6 Å². The summed E-state index contributed by atoms with van der Waals surface area (Å²) in [6, 6.07) is 17.9. The van der Waals surface area contributed by atoms with E-state index in [9.17, 15) is 9.59 Å². The quantitative estimate of drug-likeness (QED) is 0.414. The summed E-state index contributed by atoms with van der Waals surface area (Å²) in [5.74, 6) is -2.23. The number of ether oxygens (including phenoxy) is 2. The second kappa shape index (κ2) is 10.7. The van der Waals surface area contributed by atoms with Crippen LogP contribution in [0.25, 0.3) is 11.3 Å². The van der Waals surface area contributed by atoms with E-state index in [1.54, 1.807) is 13.8 Å². The third kappa shape index (κ3) is 4.80. The van der Waals surface area contributed by atoms with Crippen molar-refractivity contribution in [3.05, 3.63) is 87.4 Å². The molecule has 3 aromatic rings. The van der Waals surface area contributed by atoms with E-state index in [0.717, 1.165) is 22.4 Å². The molecule has 1 aliphatic heterocycles. The Hall–Kier alpha value is -3.45. The average molecular weight is 505 g/mol. The number of aryl methyl sites for hydroxylation is 1. The Morgan fingerprint density at radius 2 is 1.67 bits per heavy atom. The maximum absolute atomic E-state index is 13.7. The number of thiazole rings is 1. The number of nitrogens with zero attached hydrogens (tertiary/aromatic N) is 1. The van der Waals surface area contributed by atoms with Crippen LogP contribution in [0.3, 0.4) is 0 Å². The van der Waals surface area contributed by atoms with Gasteiger partial charge in [-0.3, -0.25) is 4.79 Å². The van der Waals surface area contributed by atoms with E-state index >= 15 is 0 Å². The van der Waals surface area contributed by atoms with Crippen molar-refractivity contribution in [2.75, 3.05) is 13.2 Å². The maximum atomic E-state index is 13.7. The number of esters is 2. The molecule has 6 nitrogen and oxygen atoms in total. The van der Waals surface area contributed by atoms with Gasteiger partial charge in [-0.1, -0.05) is 60.2 Å². The molecule has 0 saturated heterocycles. The van der Waals surface area contributed by atoms with Gasteiger partial charge in [0.2, 0.25) is 0 Å². The lowest BCUT2D eigenvalue weighted by atomic mass is 9.67. The van der Waals surface area contributed by atoms with Crippen molar-refractivity contribution in [2.45, 2.75) is 46.1 Å². The van der Waals surface area contributed by atoms with Crippen LogP contribution < -0.4 is 5.32 Å². The Bertz CT molecular complexity index is 1270. The van der Waals surface area contributed by atoms with Crippen LogP contribution in [0.4, 0.5) is 0 Å². The summed E-state index contributed by atoms with van der Waals surface area (Å²) in [5, 5.41) is 6.14. The van der Waals surface area contributed by atoms with E-state index in [1.807, 2.05) is 80.7 Å². The maximum Gasteiger partial charge on any atom is 0.336 e. The fourth-order valence-electron chi connectivity index (χ4n) is 4.95. The van der Waals surface area contributed by atoms with Gasteiger partial charge in [0.25, 0.3) is 0 Å². The van der Waals surface area contributed by atoms with Crippen LogP contribution in [-0.4, -0.2) is 30.1 Å². The molecule has 0 radical (unpaired) electrons. The van der Waals surface area contributed by atoms with Gasteiger partial charge < -0.3 is 14.8 Å². The molecule has 1 aromatic heterocycles. The largest absolute Gasteiger partial charge is 0.466 e. The third-order valence-corrected chi connectivity index (χ3v) is 7.59. The highest BCUT2D eigenvalue weighted by Crippen LogP contribution is 2.49. The molecule has 2 aromatic carbocycles. The summed E-state index contributed by atoms with van der Waals surface area (Å²) >= 11 is 1.44. The summed E-state index contributed by atoms with van der Waals surface area (Å²) in [6.07, 6.45) is 0. The normalized spacial score (nSPS) is 21.6. The van der Waals surface area contributed by atoms with Crippen LogP contribution in [0.5, 0.6) is 0 Å². The van der Waals surface area contributed by atoms with Gasteiger partial charge in [-0.05, 0) is 40.2 Å². The lowest BCUT2D eigenvalue weighted by molar-refractivity contribution is -0.152. The van der Waals surface area contributed by atoms with Crippen molar-refractivity contribution >= 4 is 23.3 Å². The number of nitrogens with one attached hydrogen (secondary N) is 1. The first-order valence-electron chi connectivity index (χ1n) is 12.2. The Balaban J connectivity index is 1.92. The van der Waals surface area contributed by atoms with E-state index in [4.69, 9.17) is 14.5 Å². The molecule has 1 N–H and O–H groups in total. The lowest BCUT2D eigenvalue weighted by Crippen LogP contribution is -2.55.